The van der Waals surface area contributed by atoms with Crippen LogP contribution >= 0.6 is 0 Å². The molecule has 2 aromatic rings. The van der Waals surface area contributed by atoms with Gasteiger partial charge in [-0.15, -0.1) is 0 Å². The van der Waals surface area contributed by atoms with E-state index in [0.717, 1.165) is 30.8 Å². The summed E-state index contributed by atoms with van der Waals surface area (Å²) in [6, 6.07) is 8.63. The van der Waals surface area contributed by atoms with E-state index in [9.17, 15) is 0 Å². The molecule has 1 aliphatic carbocycles. The van der Waals surface area contributed by atoms with Crippen molar-refractivity contribution in [2.24, 2.45) is 0 Å². The Kier molecular flexibility index (Phi) is 3.07. The highest BCUT2D eigenvalue weighted by Crippen LogP contribution is 2.35. The van der Waals surface area contributed by atoms with Crippen LogP contribution in [0.2, 0.25) is 0 Å². The molecule has 1 unspecified atom stereocenters. The molecule has 3 rings (SSSR count). The molecule has 1 aromatic carbocycles. The lowest BCUT2D eigenvalue weighted by Gasteiger charge is -2.10. The number of aryl methyl sites for hydroxylation is 1. The minimum Gasteiger partial charge on any atom is -0.316 e. The third-order valence-corrected chi connectivity index (χ3v) is 3.55. The van der Waals surface area contributed by atoms with Crippen LogP contribution in [0.25, 0.3) is 0 Å². The fourth-order valence-corrected chi connectivity index (χ4v) is 2.67. The normalized spacial score (nSPS) is 17.7. The number of aromatic nitrogens is 2. The van der Waals surface area contributed by atoms with Gasteiger partial charge in [0.2, 0.25) is 0 Å². The molecule has 92 valence electrons. The molecule has 1 heterocycles. The highest BCUT2D eigenvalue weighted by atomic mass is 14.9. The Morgan fingerprint density at radius 3 is 2.78 bits per heavy atom. The summed E-state index contributed by atoms with van der Waals surface area (Å²) in [5.74, 6) is 1.34. The van der Waals surface area contributed by atoms with E-state index in [0.29, 0.717) is 5.92 Å². The number of hydrogen-bond acceptors (Lipinski definition) is 3. The molecule has 0 bridgehead atoms. The van der Waals surface area contributed by atoms with Gasteiger partial charge in [0.15, 0.2) is 0 Å². The molecule has 0 spiro atoms. The van der Waals surface area contributed by atoms with Crippen molar-refractivity contribution in [1.82, 2.24) is 15.3 Å². The van der Waals surface area contributed by atoms with Crippen molar-refractivity contribution in [2.45, 2.75) is 25.3 Å². The third-order valence-electron chi connectivity index (χ3n) is 3.55. The fraction of sp³-hybridized carbons (Fsp3) is 0.333. The second-order valence-corrected chi connectivity index (χ2v) is 4.77. The van der Waals surface area contributed by atoms with Crippen molar-refractivity contribution in [2.75, 3.05) is 7.05 Å². The molecule has 18 heavy (non-hydrogen) atoms. The molecule has 0 aliphatic heterocycles. The Hall–Kier alpha value is -1.74. The van der Waals surface area contributed by atoms with Crippen LogP contribution in [0.3, 0.4) is 0 Å². The first kappa shape index (κ1) is 11.4. The van der Waals surface area contributed by atoms with Crippen LogP contribution in [0.5, 0.6) is 0 Å². The average molecular weight is 239 g/mol. The van der Waals surface area contributed by atoms with E-state index in [1.54, 1.807) is 0 Å². The van der Waals surface area contributed by atoms with Crippen molar-refractivity contribution >= 4 is 0 Å². The number of benzene rings is 1. The largest absolute Gasteiger partial charge is 0.316 e. The molecular weight excluding hydrogens is 222 g/mol. The monoisotopic (exact) mass is 239 g/mol. The van der Waals surface area contributed by atoms with Crippen molar-refractivity contribution in [1.29, 1.82) is 0 Å². The van der Waals surface area contributed by atoms with Gasteiger partial charge in [-0.1, -0.05) is 24.3 Å². The number of nitrogens with one attached hydrogen (secondary N) is 1. The smallest absolute Gasteiger partial charge is 0.135 e. The Balaban J connectivity index is 1.88. The van der Waals surface area contributed by atoms with Gasteiger partial charge in [-0.3, -0.25) is 0 Å². The molecule has 1 atom stereocenters. The first-order chi connectivity index (χ1) is 8.88. The van der Waals surface area contributed by atoms with E-state index in [1.165, 1.54) is 11.1 Å². The maximum atomic E-state index is 4.53. The second-order valence-electron chi connectivity index (χ2n) is 4.77. The summed E-state index contributed by atoms with van der Waals surface area (Å²) in [6.07, 6.45) is 6.13. The Morgan fingerprint density at radius 2 is 2.00 bits per heavy atom. The van der Waals surface area contributed by atoms with Gasteiger partial charge in [-0.25, -0.2) is 9.97 Å². The topological polar surface area (TPSA) is 37.8 Å². The fourth-order valence-electron chi connectivity index (χ4n) is 2.67. The van der Waals surface area contributed by atoms with E-state index in [4.69, 9.17) is 0 Å². The average Bonchev–Trinajstić information content (AvgIpc) is 2.84. The molecule has 1 aliphatic rings. The van der Waals surface area contributed by atoms with Crippen molar-refractivity contribution in [3.8, 4) is 0 Å². The first-order valence-corrected chi connectivity index (χ1v) is 6.41. The molecular formula is C15H17N3. The zero-order valence-electron chi connectivity index (χ0n) is 10.6. The van der Waals surface area contributed by atoms with Crippen LogP contribution in [0, 0.1) is 0 Å². The second kappa shape index (κ2) is 4.86. The molecule has 1 N–H and O–H groups in total. The predicted molar refractivity (Wildman–Crippen MR) is 71.4 cm³/mol. The summed E-state index contributed by atoms with van der Waals surface area (Å²) in [5, 5.41) is 3.11. The van der Waals surface area contributed by atoms with E-state index in [-0.39, 0.29) is 0 Å². The molecule has 1 aromatic heterocycles. The van der Waals surface area contributed by atoms with E-state index in [1.807, 2.05) is 19.4 Å². The minimum atomic E-state index is 0.379. The lowest BCUT2D eigenvalue weighted by molar-refractivity contribution is 0.718. The van der Waals surface area contributed by atoms with Crippen LogP contribution < -0.4 is 5.32 Å². The van der Waals surface area contributed by atoms with Gasteiger partial charge in [-0.05, 0) is 31.0 Å². The van der Waals surface area contributed by atoms with E-state index in [2.05, 4.69) is 39.6 Å². The first-order valence-electron chi connectivity index (χ1n) is 6.41. The predicted octanol–water partition coefficient (Wildman–Crippen LogP) is 2.27. The van der Waals surface area contributed by atoms with E-state index >= 15 is 0 Å². The standard InChI is InChI=1S/C15H17N3/c1-16-8-11-9-17-15(18-10-11)14-7-6-12-4-2-3-5-13(12)14/h2-5,9-10,14,16H,6-8H2,1H3. The van der Waals surface area contributed by atoms with Crippen molar-refractivity contribution in [3.05, 3.63) is 59.2 Å². The zero-order valence-corrected chi connectivity index (χ0v) is 10.6. The van der Waals surface area contributed by atoms with Crippen molar-refractivity contribution in [3.63, 3.8) is 0 Å². The van der Waals surface area contributed by atoms with Crippen LogP contribution in [-0.4, -0.2) is 17.0 Å². The molecule has 0 saturated heterocycles. The molecule has 3 nitrogen and oxygen atoms in total. The van der Waals surface area contributed by atoms with Crippen LogP contribution in [-0.2, 0) is 13.0 Å². The summed E-state index contributed by atoms with van der Waals surface area (Å²) in [4.78, 5) is 9.05. The summed E-state index contributed by atoms with van der Waals surface area (Å²) >= 11 is 0. The van der Waals surface area contributed by atoms with Gasteiger partial charge in [0.1, 0.15) is 5.82 Å². The molecule has 0 saturated carbocycles. The van der Waals surface area contributed by atoms with Crippen LogP contribution in [0.15, 0.2) is 36.7 Å². The Labute approximate surface area is 107 Å². The quantitative estimate of drug-likeness (QED) is 0.893. The highest BCUT2D eigenvalue weighted by molar-refractivity contribution is 5.38. The number of nitrogens with zero attached hydrogens (tertiary/aromatic N) is 2. The number of hydrogen-bond donors (Lipinski definition) is 1. The number of rotatable bonds is 3. The van der Waals surface area contributed by atoms with Gasteiger partial charge >= 0.3 is 0 Å². The Morgan fingerprint density at radius 1 is 1.22 bits per heavy atom. The number of fused-ring (bicyclic) bond motifs is 1. The van der Waals surface area contributed by atoms with Crippen LogP contribution in [0.1, 0.15) is 34.9 Å². The van der Waals surface area contributed by atoms with Gasteiger partial charge in [0, 0.05) is 30.4 Å². The zero-order chi connectivity index (χ0) is 12.4. The highest BCUT2D eigenvalue weighted by Gasteiger charge is 2.25. The Bertz CT molecular complexity index is 534. The molecule has 0 amide bonds. The van der Waals surface area contributed by atoms with Gasteiger partial charge in [0.05, 0.1) is 0 Å². The molecule has 0 radical (unpaired) electrons. The summed E-state index contributed by atoms with van der Waals surface area (Å²) in [5.41, 5.74) is 3.98. The van der Waals surface area contributed by atoms with Crippen molar-refractivity contribution < 1.29 is 0 Å². The lowest BCUT2D eigenvalue weighted by Crippen LogP contribution is -2.08. The lowest BCUT2D eigenvalue weighted by atomic mass is 10.0. The summed E-state index contributed by atoms with van der Waals surface area (Å²) < 4.78 is 0. The minimum absolute atomic E-state index is 0.379. The SMILES string of the molecule is CNCc1cnc(C2CCc3ccccc32)nc1. The van der Waals surface area contributed by atoms with Gasteiger partial charge in [-0.2, -0.15) is 0 Å². The maximum absolute atomic E-state index is 4.53. The summed E-state index contributed by atoms with van der Waals surface area (Å²) in [7, 11) is 1.93. The maximum Gasteiger partial charge on any atom is 0.135 e. The van der Waals surface area contributed by atoms with Crippen LogP contribution in [0.4, 0.5) is 0 Å². The van der Waals surface area contributed by atoms with E-state index < -0.39 is 0 Å². The summed E-state index contributed by atoms with van der Waals surface area (Å²) in [6.45, 7) is 0.821. The third kappa shape index (κ3) is 2.02. The molecule has 0 fully saturated rings. The van der Waals surface area contributed by atoms with Gasteiger partial charge < -0.3 is 5.32 Å². The van der Waals surface area contributed by atoms with Gasteiger partial charge in [0.25, 0.3) is 0 Å². The molecule has 3 heteroatoms.